The molecule has 14 heavy (non-hydrogen) atoms. The summed E-state index contributed by atoms with van der Waals surface area (Å²) in [7, 11) is 1.14. The second-order valence-electron chi connectivity index (χ2n) is 2.33. The molecule has 0 aliphatic rings. The molecule has 0 bridgehead atoms. The molecular formula is C8H4BrCl2FO2. The highest BCUT2D eigenvalue weighted by molar-refractivity contribution is 9.10. The normalized spacial score (nSPS) is 10.1. The lowest BCUT2D eigenvalue weighted by molar-refractivity contribution is 0.0595. The van der Waals surface area contributed by atoms with E-state index in [4.69, 9.17) is 23.2 Å². The summed E-state index contributed by atoms with van der Waals surface area (Å²) < 4.78 is 17.9. The van der Waals surface area contributed by atoms with Gasteiger partial charge in [0.25, 0.3) is 0 Å². The van der Waals surface area contributed by atoms with Gasteiger partial charge in [-0.1, -0.05) is 23.2 Å². The summed E-state index contributed by atoms with van der Waals surface area (Å²) >= 11 is 14.3. The van der Waals surface area contributed by atoms with Gasteiger partial charge in [-0.05, 0) is 22.0 Å². The lowest BCUT2D eigenvalue weighted by Gasteiger charge is -2.06. The number of hydrogen-bond acceptors (Lipinski definition) is 2. The molecule has 0 N–H and O–H groups in total. The van der Waals surface area contributed by atoms with E-state index in [-0.39, 0.29) is 20.1 Å². The first-order valence-electron chi connectivity index (χ1n) is 3.40. The van der Waals surface area contributed by atoms with Crippen LogP contribution in [0.3, 0.4) is 0 Å². The average Bonchev–Trinajstić information content (AvgIpc) is 2.14. The van der Waals surface area contributed by atoms with E-state index >= 15 is 0 Å². The Morgan fingerprint density at radius 2 is 2.14 bits per heavy atom. The van der Waals surface area contributed by atoms with Gasteiger partial charge in [-0.2, -0.15) is 0 Å². The second-order valence-corrected chi connectivity index (χ2v) is 3.91. The molecule has 0 saturated carbocycles. The molecule has 0 atom stereocenters. The van der Waals surface area contributed by atoms with Crippen LogP contribution in [-0.4, -0.2) is 13.1 Å². The van der Waals surface area contributed by atoms with Crippen molar-refractivity contribution in [3.8, 4) is 0 Å². The van der Waals surface area contributed by atoms with Crippen LogP contribution in [0.5, 0.6) is 0 Å². The van der Waals surface area contributed by atoms with E-state index in [9.17, 15) is 9.18 Å². The number of halogens is 4. The van der Waals surface area contributed by atoms with Gasteiger partial charge in [-0.15, -0.1) is 0 Å². The third-order valence-corrected chi connectivity index (χ3v) is 3.46. The minimum atomic E-state index is -0.843. The molecule has 1 rings (SSSR count). The van der Waals surface area contributed by atoms with Gasteiger partial charge in [0, 0.05) is 0 Å². The van der Waals surface area contributed by atoms with Gasteiger partial charge in [0.15, 0.2) is 0 Å². The van der Waals surface area contributed by atoms with Gasteiger partial charge in [0.2, 0.25) is 0 Å². The molecule has 0 saturated heterocycles. The highest BCUT2D eigenvalue weighted by Gasteiger charge is 2.20. The van der Waals surface area contributed by atoms with Gasteiger partial charge in [-0.25, -0.2) is 9.18 Å². The minimum absolute atomic E-state index is 0.0955. The number of methoxy groups -OCH3 is 1. The monoisotopic (exact) mass is 300 g/mol. The molecule has 0 unspecified atom stereocenters. The first-order valence-corrected chi connectivity index (χ1v) is 4.95. The molecular weight excluding hydrogens is 298 g/mol. The largest absolute Gasteiger partial charge is 0.465 e. The Kier molecular flexibility index (Phi) is 3.75. The van der Waals surface area contributed by atoms with Gasteiger partial charge in [0.05, 0.1) is 21.6 Å². The maximum absolute atomic E-state index is 13.2. The summed E-state index contributed by atoms with van der Waals surface area (Å²) in [6.45, 7) is 0. The van der Waals surface area contributed by atoms with Crippen LogP contribution in [0.25, 0.3) is 0 Å². The molecule has 2 nitrogen and oxygen atoms in total. The van der Waals surface area contributed by atoms with E-state index < -0.39 is 11.8 Å². The topological polar surface area (TPSA) is 26.3 Å². The Hall–Kier alpha value is -0.320. The number of carbonyl (C=O) groups is 1. The lowest BCUT2D eigenvalue weighted by atomic mass is 10.2. The fraction of sp³-hybridized carbons (Fsp3) is 0.125. The highest BCUT2D eigenvalue weighted by atomic mass is 79.9. The molecule has 1 aromatic rings. The van der Waals surface area contributed by atoms with Crippen LogP contribution in [0, 0.1) is 5.82 Å². The molecule has 0 radical (unpaired) electrons. The Morgan fingerprint density at radius 1 is 1.57 bits per heavy atom. The molecule has 1 aromatic carbocycles. The number of rotatable bonds is 1. The number of benzene rings is 1. The molecule has 0 amide bonds. The molecule has 6 heteroatoms. The van der Waals surface area contributed by atoms with Crippen molar-refractivity contribution in [2.45, 2.75) is 0 Å². The summed E-state index contributed by atoms with van der Waals surface area (Å²) in [5.74, 6) is -1.65. The Bertz CT molecular complexity index is 395. The van der Waals surface area contributed by atoms with Crippen LogP contribution in [0.4, 0.5) is 4.39 Å². The molecule has 0 heterocycles. The molecule has 76 valence electrons. The third-order valence-electron chi connectivity index (χ3n) is 1.50. The van der Waals surface area contributed by atoms with Crippen molar-refractivity contribution in [2.24, 2.45) is 0 Å². The third kappa shape index (κ3) is 2.02. The van der Waals surface area contributed by atoms with Gasteiger partial charge in [-0.3, -0.25) is 0 Å². The van der Waals surface area contributed by atoms with Gasteiger partial charge >= 0.3 is 5.97 Å². The Morgan fingerprint density at radius 3 is 2.64 bits per heavy atom. The first kappa shape index (κ1) is 11.8. The van der Waals surface area contributed by atoms with Crippen molar-refractivity contribution in [1.82, 2.24) is 0 Å². The standard InChI is InChI=1S/C8H4BrCl2FO2/c1-14-8(13)5-4(12)2-3(10)6(9)7(5)11/h2H,1H3. The Balaban J connectivity index is 3.44. The van der Waals surface area contributed by atoms with Crippen molar-refractivity contribution in [2.75, 3.05) is 7.11 Å². The number of esters is 1. The summed E-state index contributed by atoms with van der Waals surface area (Å²) in [6.07, 6.45) is 0. The van der Waals surface area contributed by atoms with Crippen LogP contribution in [-0.2, 0) is 4.74 Å². The van der Waals surface area contributed by atoms with Crippen molar-refractivity contribution >= 4 is 45.1 Å². The number of hydrogen-bond donors (Lipinski definition) is 0. The molecule has 0 fully saturated rings. The molecule has 0 aromatic heterocycles. The van der Waals surface area contributed by atoms with Gasteiger partial charge < -0.3 is 4.74 Å². The quantitative estimate of drug-likeness (QED) is 0.449. The maximum atomic E-state index is 13.2. The van der Waals surface area contributed by atoms with E-state index in [2.05, 4.69) is 20.7 Å². The van der Waals surface area contributed by atoms with E-state index in [1.165, 1.54) is 0 Å². The van der Waals surface area contributed by atoms with E-state index in [0.29, 0.717) is 0 Å². The average molecular weight is 302 g/mol. The second kappa shape index (κ2) is 4.47. The van der Waals surface area contributed by atoms with Crippen LogP contribution in [0.1, 0.15) is 10.4 Å². The Labute approximate surface area is 98.1 Å². The van der Waals surface area contributed by atoms with E-state index in [0.717, 1.165) is 13.2 Å². The minimum Gasteiger partial charge on any atom is -0.465 e. The summed E-state index contributed by atoms with van der Waals surface area (Å²) in [6, 6.07) is 0.990. The lowest BCUT2D eigenvalue weighted by Crippen LogP contribution is -2.06. The first-order chi connectivity index (χ1) is 6.49. The zero-order chi connectivity index (χ0) is 10.9. The van der Waals surface area contributed by atoms with Crippen molar-refractivity contribution in [3.05, 3.63) is 32.0 Å². The van der Waals surface area contributed by atoms with Crippen molar-refractivity contribution in [1.29, 1.82) is 0 Å². The number of carbonyl (C=O) groups excluding carboxylic acids is 1. The van der Waals surface area contributed by atoms with Crippen molar-refractivity contribution < 1.29 is 13.9 Å². The molecule has 0 aliphatic carbocycles. The highest BCUT2D eigenvalue weighted by Crippen LogP contribution is 2.35. The smallest absolute Gasteiger partial charge is 0.342 e. The summed E-state index contributed by atoms with van der Waals surface area (Å²) in [4.78, 5) is 11.1. The summed E-state index contributed by atoms with van der Waals surface area (Å²) in [5, 5.41) is 0.00185. The SMILES string of the molecule is COC(=O)c1c(F)cc(Cl)c(Br)c1Cl. The fourth-order valence-electron chi connectivity index (χ4n) is 0.855. The molecule has 0 spiro atoms. The van der Waals surface area contributed by atoms with Crippen molar-refractivity contribution in [3.63, 3.8) is 0 Å². The zero-order valence-corrected chi connectivity index (χ0v) is 10.0. The zero-order valence-electron chi connectivity index (χ0n) is 6.91. The van der Waals surface area contributed by atoms with Crippen LogP contribution in [0.2, 0.25) is 10.0 Å². The van der Waals surface area contributed by atoms with Crippen LogP contribution < -0.4 is 0 Å². The number of ether oxygens (including phenoxy) is 1. The molecule has 0 aliphatic heterocycles. The summed E-state index contributed by atoms with van der Waals surface area (Å²) in [5.41, 5.74) is -0.328. The maximum Gasteiger partial charge on any atom is 0.342 e. The predicted molar refractivity (Wildman–Crippen MR) is 55.5 cm³/mol. The van der Waals surface area contributed by atoms with Gasteiger partial charge in [0.1, 0.15) is 11.4 Å². The predicted octanol–water partition coefficient (Wildman–Crippen LogP) is 3.68. The van der Waals surface area contributed by atoms with Crippen LogP contribution >= 0.6 is 39.1 Å². The van der Waals surface area contributed by atoms with E-state index in [1.54, 1.807) is 0 Å². The van der Waals surface area contributed by atoms with E-state index in [1.807, 2.05) is 0 Å². The fourth-order valence-corrected chi connectivity index (χ4v) is 1.68. The van der Waals surface area contributed by atoms with Crippen LogP contribution in [0.15, 0.2) is 10.5 Å².